The van der Waals surface area contributed by atoms with Crippen molar-refractivity contribution in [2.45, 2.75) is 45.9 Å². The molecule has 2 aromatic rings. The summed E-state index contributed by atoms with van der Waals surface area (Å²) in [5.41, 5.74) is 2.92. The maximum atomic E-state index is 10.2. The van der Waals surface area contributed by atoms with E-state index in [1.165, 1.54) is 11.1 Å². The molecule has 4 nitrogen and oxygen atoms in total. The average Bonchev–Trinajstić information content (AvgIpc) is 2.78. The van der Waals surface area contributed by atoms with Gasteiger partial charge < -0.3 is 5.11 Å². The fourth-order valence-corrected chi connectivity index (χ4v) is 2.81. The number of aromatic nitrogens is 2. The number of aliphatic hydroxyl groups is 1. The van der Waals surface area contributed by atoms with Gasteiger partial charge in [0.05, 0.1) is 11.3 Å². The molecule has 0 saturated heterocycles. The monoisotopic (exact) mass is 301 g/mol. The summed E-state index contributed by atoms with van der Waals surface area (Å²) >= 11 is 0. The zero-order chi connectivity index (χ0) is 16.2. The first kappa shape index (κ1) is 16.7. The summed E-state index contributed by atoms with van der Waals surface area (Å²) in [5, 5.41) is 14.7. The van der Waals surface area contributed by atoms with Crippen molar-refractivity contribution in [3.63, 3.8) is 0 Å². The van der Waals surface area contributed by atoms with Crippen molar-refractivity contribution >= 4 is 0 Å². The van der Waals surface area contributed by atoms with Crippen LogP contribution in [0.5, 0.6) is 0 Å². The smallest absolute Gasteiger partial charge is 0.0718 e. The Hall–Kier alpha value is -1.65. The Balaban J connectivity index is 2.16. The Morgan fingerprint density at radius 2 is 1.86 bits per heavy atom. The maximum Gasteiger partial charge on any atom is 0.0718 e. The molecule has 0 bridgehead atoms. The second-order valence-corrected chi connectivity index (χ2v) is 6.57. The van der Waals surface area contributed by atoms with Crippen LogP contribution in [0.3, 0.4) is 0 Å². The normalized spacial score (nSPS) is 12.1. The number of nitrogens with zero attached hydrogens (tertiary/aromatic N) is 3. The van der Waals surface area contributed by atoms with Gasteiger partial charge in [0.2, 0.25) is 0 Å². The number of benzene rings is 1. The summed E-state index contributed by atoms with van der Waals surface area (Å²) in [6, 6.07) is 10.4. The lowest BCUT2D eigenvalue weighted by molar-refractivity contribution is 0.0306. The Morgan fingerprint density at radius 3 is 2.45 bits per heavy atom. The predicted molar refractivity (Wildman–Crippen MR) is 89.4 cm³/mol. The molecule has 1 aromatic heterocycles. The lowest BCUT2D eigenvalue weighted by atomic mass is 10.1. The van der Waals surface area contributed by atoms with Crippen molar-refractivity contribution in [3.8, 4) is 0 Å². The molecule has 1 aromatic carbocycles. The molecule has 0 aliphatic carbocycles. The molecule has 120 valence electrons. The predicted octanol–water partition coefficient (Wildman–Crippen LogP) is 2.76. The molecular weight excluding hydrogens is 274 g/mol. The molecule has 0 aliphatic rings. The molecule has 22 heavy (non-hydrogen) atoms. The van der Waals surface area contributed by atoms with Gasteiger partial charge in [-0.3, -0.25) is 9.58 Å². The van der Waals surface area contributed by atoms with Crippen LogP contribution < -0.4 is 0 Å². The topological polar surface area (TPSA) is 41.3 Å². The van der Waals surface area contributed by atoms with Crippen LogP contribution in [0, 0.1) is 0 Å². The molecule has 0 atom stereocenters. The lowest BCUT2D eigenvalue weighted by Crippen LogP contribution is -2.38. The van der Waals surface area contributed by atoms with Gasteiger partial charge in [-0.2, -0.15) is 5.10 Å². The summed E-state index contributed by atoms with van der Waals surface area (Å²) in [5.74, 6) is 0. The molecule has 0 spiro atoms. The Kier molecular flexibility index (Phi) is 5.37. The third-order valence-corrected chi connectivity index (χ3v) is 3.58. The van der Waals surface area contributed by atoms with Crippen LogP contribution in [0.1, 0.15) is 37.6 Å². The van der Waals surface area contributed by atoms with Crippen molar-refractivity contribution in [2.24, 2.45) is 7.05 Å². The summed E-state index contributed by atoms with van der Waals surface area (Å²) < 4.78 is 1.87. The first-order valence-corrected chi connectivity index (χ1v) is 7.87. The lowest BCUT2D eigenvalue weighted by Gasteiger charge is -2.29. The standard InChI is InChI=1S/C18H27N3O/c1-5-17-16(12-20(4)19-17)13-21(14-18(2,3)22)11-15-9-7-6-8-10-15/h6-10,12,22H,5,11,13-14H2,1-4H3. The highest BCUT2D eigenvalue weighted by atomic mass is 16.3. The first-order chi connectivity index (χ1) is 10.4. The second-order valence-electron chi connectivity index (χ2n) is 6.57. The largest absolute Gasteiger partial charge is 0.389 e. The molecule has 4 heteroatoms. The molecular formula is C18H27N3O. The molecule has 0 aliphatic heterocycles. The number of aryl methyl sites for hydroxylation is 2. The van der Waals surface area contributed by atoms with Crippen molar-refractivity contribution < 1.29 is 5.11 Å². The van der Waals surface area contributed by atoms with Gasteiger partial charge in [-0.1, -0.05) is 37.3 Å². The Bertz CT molecular complexity index is 584. The van der Waals surface area contributed by atoms with Gasteiger partial charge in [-0.15, -0.1) is 0 Å². The molecule has 0 unspecified atom stereocenters. The van der Waals surface area contributed by atoms with E-state index >= 15 is 0 Å². The minimum absolute atomic E-state index is 0.625. The van der Waals surface area contributed by atoms with Gasteiger partial charge in [0.15, 0.2) is 0 Å². The number of rotatable bonds is 7. The van der Waals surface area contributed by atoms with Crippen LogP contribution in [0.4, 0.5) is 0 Å². The Morgan fingerprint density at radius 1 is 1.18 bits per heavy atom. The zero-order valence-electron chi connectivity index (χ0n) is 14.1. The summed E-state index contributed by atoms with van der Waals surface area (Å²) in [7, 11) is 1.96. The van der Waals surface area contributed by atoms with Gasteiger partial charge in [-0.25, -0.2) is 0 Å². The highest BCUT2D eigenvalue weighted by Crippen LogP contribution is 2.16. The van der Waals surface area contributed by atoms with Crippen molar-refractivity contribution in [2.75, 3.05) is 6.54 Å². The zero-order valence-corrected chi connectivity index (χ0v) is 14.1. The minimum Gasteiger partial charge on any atom is -0.389 e. The van der Waals surface area contributed by atoms with E-state index in [-0.39, 0.29) is 0 Å². The van der Waals surface area contributed by atoms with Crippen LogP contribution in [-0.2, 0) is 26.6 Å². The van der Waals surface area contributed by atoms with Gasteiger partial charge in [0.25, 0.3) is 0 Å². The quantitative estimate of drug-likeness (QED) is 0.855. The highest BCUT2D eigenvalue weighted by Gasteiger charge is 2.20. The van der Waals surface area contributed by atoms with E-state index in [9.17, 15) is 5.11 Å². The third-order valence-electron chi connectivity index (χ3n) is 3.58. The molecule has 1 heterocycles. The number of hydrogen-bond acceptors (Lipinski definition) is 3. The van der Waals surface area contributed by atoms with Crippen LogP contribution in [0.2, 0.25) is 0 Å². The first-order valence-electron chi connectivity index (χ1n) is 7.87. The molecule has 0 amide bonds. The van der Waals surface area contributed by atoms with E-state index in [2.05, 4.69) is 47.4 Å². The van der Waals surface area contributed by atoms with Crippen molar-refractivity contribution in [1.82, 2.24) is 14.7 Å². The second kappa shape index (κ2) is 7.07. The fraction of sp³-hybridized carbons (Fsp3) is 0.500. The van der Waals surface area contributed by atoms with Crippen molar-refractivity contribution in [3.05, 3.63) is 53.3 Å². The summed E-state index contributed by atoms with van der Waals surface area (Å²) in [4.78, 5) is 2.28. The SMILES string of the molecule is CCc1nn(C)cc1CN(Cc1ccccc1)CC(C)(C)O. The maximum absolute atomic E-state index is 10.2. The van der Waals surface area contributed by atoms with Gasteiger partial charge >= 0.3 is 0 Å². The van der Waals surface area contributed by atoms with Crippen LogP contribution in [0.25, 0.3) is 0 Å². The molecule has 2 rings (SSSR count). The number of hydrogen-bond donors (Lipinski definition) is 1. The van der Waals surface area contributed by atoms with Gasteiger partial charge in [0.1, 0.15) is 0 Å². The summed E-state index contributed by atoms with van der Waals surface area (Å²) in [6.07, 6.45) is 3.01. The fourth-order valence-electron chi connectivity index (χ4n) is 2.81. The highest BCUT2D eigenvalue weighted by molar-refractivity contribution is 5.18. The van der Waals surface area contributed by atoms with E-state index in [1.807, 2.05) is 31.6 Å². The molecule has 0 radical (unpaired) electrons. The third kappa shape index (κ3) is 4.97. The van der Waals surface area contributed by atoms with E-state index in [4.69, 9.17) is 0 Å². The van der Waals surface area contributed by atoms with Crippen LogP contribution in [-0.4, -0.2) is 31.9 Å². The molecule has 0 saturated carbocycles. The van der Waals surface area contributed by atoms with Crippen LogP contribution in [0.15, 0.2) is 36.5 Å². The minimum atomic E-state index is -0.719. The van der Waals surface area contributed by atoms with E-state index in [0.29, 0.717) is 6.54 Å². The summed E-state index contributed by atoms with van der Waals surface area (Å²) in [6.45, 7) is 8.09. The Labute approximate surface area is 133 Å². The molecule has 0 fully saturated rings. The average molecular weight is 301 g/mol. The van der Waals surface area contributed by atoms with Crippen LogP contribution >= 0.6 is 0 Å². The van der Waals surface area contributed by atoms with E-state index in [1.54, 1.807) is 0 Å². The van der Waals surface area contributed by atoms with E-state index in [0.717, 1.165) is 25.2 Å². The van der Waals surface area contributed by atoms with Gasteiger partial charge in [-0.05, 0) is 25.8 Å². The van der Waals surface area contributed by atoms with Gasteiger partial charge in [0, 0.05) is 38.4 Å². The van der Waals surface area contributed by atoms with E-state index < -0.39 is 5.60 Å². The molecule has 1 N–H and O–H groups in total. The van der Waals surface area contributed by atoms with Crippen molar-refractivity contribution in [1.29, 1.82) is 0 Å².